The van der Waals surface area contributed by atoms with Crippen molar-refractivity contribution in [2.24, 2.45) is 11.3 Å². The lowest BCUT2D eigenvalue weighted by molar-refractivity contribution is -0.275. The third kappa shape index (κ3) is 8.62. The Morgan fingerprint density at radius 2 is 1.80 bits per heavy atom. The summed E-state index contributed by atoms with van der Waals surface area (Å²) in [4.78, 5) is 37.2. The third-order valence-corrected chi connectivity index (χ3v) is 4.86. The second-order valence-corrected chi connectivity index (χ2v) is 8.06. The van der Waals surface area contributed by atoms with Gasteiger partial charge in [0.25, 0.3) is 5.56 Å². The van der Waals surface area contributed by atoms with Crippen molar-refractivity contribution in [3.8, 4) is 5.75 Å². The van der Waals surface area contributed by atoms with E-state index in [1.807, 2.05) is 13.8 Å². The van der Waals surface area contributed by atoms with Gasteiger partial charge in [0.05, 0.1) is 18.2 Å². The fraction of sp³-hybridized carbons (Fsp3) is 0.750. The third-order valence-electron chi connectivity index (χ3n) is 4.86. The minimum Gasteiger partial charge on any atom is -0.465 e. The molecule has 1 N–H and O–H groups in total. The van der Waals surface area contributed by atoms with Gasteiger partial charge in [-0.15, -0.1) is 13.2 Å². The van der Waals surface area contributed by atoms with E-state index < -0.39 is 28.8 Å². The number of halogens is 3. The standard InChI is InChI=1S/C20H31F3N2O5/c1-5-19(4,12-14(2)3)17(27)29-11-9-7-6-8-10-25-13-15(30-20(21,22)23)16(26)24-18(25)28/h13-14H,5-12H2,1-4H3,(H,24,26,28). The molecule has 172 valence electrons. The first kappa shape index (κ1) is 25.8. The van der Waals surface area contributed by atoms with Crippen LogP contribution >= 0.6 is 0 Å². The molecule has 1 rings (SSSR count). The number of aryl methyl sites for hydroxylation is 1. The Morgan fingerprint density at radius 3 is 2.37 bits per heavy atom. The van der Waals surface area contributed by atoms with E-state index >= 15 is 0 Å². The summed E-state index contributed by atoms with van der Waals surface area (Å²) in [6, 6.07) is 0. The van der Waals surface area contributed by atoms with Gasteiger partial charge in [-0.1, -0.05) is 27.2 Å². The van der Waals surface area contributed by atoms with Crippen LogP contribution in [-0.4, -0.2) is 28.5 Å². The Balaban J connectivity index is 2.41. The molecule has 1 aromatic rings. The van der Waals surface area contributed by atoms with Crippen LogP contribution in [0.4, 0.5) is 13.2 Å². The van der Waals surface area contributed by atoms with E-state index in [1.165, 1.54) is 0 Å². The van der Waals surface area contributed by atoms with Gasteiger partial charge >= 0.3 is 18.0 Å². The lowest BCUT2D eigenvalue weighted by Crippen LogP contribution is -2.32. The molecule has 0 aliphatic rings. The Bertz CT molecular complexity index is 801. The van der Waals surface area contributed by atoms with Crippen LogP contribution in [0.15, 0.2) is 15.8 Å². The van der Waals surface area contributed by atoms with E-state index in [0.29, 0.717) is 38.2 Å². The number of alkyl halides is 3. The molecular weight excluding hydrogens is 405 g/mol. The maximum atomic E-state index is 12.3. The maximum Gasteiger partial charge on any atom is 0.573 e. The topological polar surface area (TPSA) is 90.4 Å². The molecule has 0 amide bonds. The van der Waals surface area contributed by atoms with Gasteiger partial charge in [-0.05, 0) is 44.9 Å². The Morgan fingerprint density at radius 1 is 1.17 bits per heavy atom. The highest BCUT2D eigenvalue weighted by Crippen LogP contribution is 2.31. The lowest BCUT2D eigenvalue weighted by atomic mass is 9.80. The van der Waals surface area contributed by atoms with Gasteiger partial charge in [-0.3, -0.25) is 19.1 Å². The quantitative estimate of drug-likeness (QED) is 0.395. The molecule has 7 nitrogen and oxygen atoms in total. The van der Waals surface area contributed by atoms with Crippen molar-refractivity contribution in [2.75, 3.05) is 6.61 Å². The number of carbonyl (C=O) groups excluding carboxylic acids is 1. The van der Waals surface area contributed by atoms with Gasteiger partial charge in [0.1, 0.15) is 0 Å². The summed E-state index contributed by atoms with van der Waals surface area (Å²) in [5, 5.41) is 0. The summed E-state index contributed by atoms with van der Waals surface area (Å²) in [5.74, 6) is -0.786. The van der Waals surface area contributed by atoms with Crippen LogP contribution in [0.2, 0.25) is 0 Å². The van der Waals surface area contributed by atoms with E-state index in [0.717, 1.165) is 23.6 Å². The highest BCUT2D eigenvalue weighted by atomic mass is 19.4. The normalized spacial score (nSPS) is 13.9. The monoisotopic (exact) mass is 436 g/mol. The van der Waals surface area contributed by atoms with E-state index in [9.17, 15) is 27.6 Å². The molecule has 1 atom stereocenters. The first-order valence-corrected chi connectivity index (χ1v) is 10.1. The number of aromatic amines is 1. The number of H-pyrrole nitrogens is 1. The molecule has 0 spiro atoms. The molecule has 1 aromatic heterocycles. The number of ether oxygens (including phenoxy) is 2. The van der Waals surface area contributed by atoms with E-state index in [1.54, 1.807) is 4.98 Å². The molecule has 30 heavy (non-hydrogen) atoms. The number of hydrogen-bond acceptors (Lipinski definition) is 5. The highest BCUT2D eigenvalue weighted by Gasteiger charge is 2.34. The molecular formula is C20H31F3N2O5. The first-order chi connectivity index (χ1) is 13.9. The number of nitrogens with one attached hydrogen (secondary N) is 1. The van der Waals surface area contributed by atoms with Gasteiger partial charge in [-0.2, -0.15) is 0 Å². The fourth-order valence-corrected chi connectivity index (χ4v) is 3.20. The largest absolute Gasteiger partial charge is 0.573 e. The van der Waals surface area contributed by atoms with Crippen molar-refractivity contribution in [3.63, 3.8) is 0 Å². The molecule has 0 radical (unpaired) electrons. The smallest absolute Gasteiger partial charge is 0.465 e. The molecule has 0 fully saturated rings. The number of rotatable bonds is 12. The van der Waals surface area contributed by atoms with Crippen molar-refractivity contribution in [1.82, 2.24) is 9.55 Å². The molecule has 1 heterocycles. The molecule has 10 heteroatoms. The lowest BCUT2D eigenvalue weighted by Gasteiger charge is -2.27. The number of unbranched alkanes of at least 4 members (excludes halogenated alkanes) is 3. The van der Waals surface area contributed by atoms with Gasteiger partial charge in [0.2, 0.25) is 5.75 Å². The van der Waals surface area contributed by atoms with Crippen molar-refractivity contribution in [1.29, 1.82) is 0 Å². The van der Waals surface area contributed by atoms with Crippen LogP contribution in [0.3, 0.4) is 0 Å². The molecule has 0 saturated heterocycles. The number of aromatic nitrogens is 2. The van der Waals surface area contributed by atoms with Crippen molar-refractivity contribution >= 4 is 5.97 Å². The van der Waals surface area contributed by atoms with Crippen LogP contribution in [0.1, 0.15) is 66.2 Å². The van der Waals surface area contributed by atoms with Gasteiger partial charge in [-0.25, -0.2) is 4.79 Å². The van der Waals surface area contributed by atoms with Crippen molar-refractivity contribution in [3.05, 3.63) is 27.0 Å². The van der Waals surface area contributed by atoms with Crippen LogP contribution in [0.25, 0.3) is 0 Å². The zero-order valence-corrected chi connectivity index (χ0v) is 17.9. The Labute approximate surface area is 173 Å². The van der Waals surface area contributed by atoms with Gasteiger partial charge in [0, 0.05) is 6.54 Å². The summed E-state index contributed by atoms with van der Waals surface area (Å²) < 4.78 is 46.9. The van der Waals surface area contributed by atoms with Crippen molar-refractivity contribution in [2.45, 2.75) is 79.1 Å². The predicted molar refractivity (Wildman–Crippen MR) is 105 cm³/mol. The van der Waals surface area contributed by atoms with Gasteiger partial charge < -0.3 is 9.47 Å². The van der Waals surface area contributed by atoms with Gasteiger partial charge in [0.15, 0.2) is 0 Å². The van der Waals surface area contributed by atoms with Crippen LogP contribution in [0, 0.1) is 11.3 Å². The summed E-state index contributed by atoms with van der Waals surface area (Å²) in [6.07, 6.45) is -0.234. The number of esters is 1. The second kappa shape index (κ2) is 11.2. The molecule has 0 aliphatic carbocycles. The summed E-state index contributed by atoms with van der Waals surface area (Å²) in [6.45, 7) is 8.43. The summed E-state index contributed by atoms with van der Waals surface area (Å²) >= 11 is 0. The van der Waals surface area contributed by atoms with Crippen LogP contribution < -0.4 is 16.0 Å². The van der Waals surface area contributed by atoms with E-state index in [4.69, 9.17) is 4.74 Å². The maximum absolute atomic E-state index is 12.3. The number of carbonyl (C=O) groups is 1. The molecule has 1 unspecified atom stereocenters. The average molecular weight is 436 g/mol. The molecule has 0 saturated carbocycles. The molecule has 0 aliphatic heterocycles. The van der Waals surface area contributed by atoms with E-state index in [2.05, 4.69) is 18.6 Å². The SMILES string of the molecule is CCC(C)(CC(C)C)C(=O)OCCCCCCn1cc(OC(F)(F)F)c(=O)[nH]c1=O. The zero-order valence-electron chi connectivity index (χ0n) is 17.9. The average Bonchev–Trinajstić information content (AvgIpc) is 2.62. The van der Waals surface area contributed by atoms with Crippen LogP contribution in [0.5, 0.6) is 5.75 Å². The minimum atomic E-state index is -5.02. The Kier molecular flexibility index (Phi) is 9.64. The number of nitrogens with zero attached hydrogens (tertiary/aromatic N) is 1. The fourth-order valence-electron chi connectivity index (χ4n) is 3.20. The Hall–Kier alpha value is -2.26. The first-order valence-electron chi connectivity index (χ1n) is 10.1. The summed E-state index contributed by atoms with van der Waals surface area (Å²) in [5.41, 5.74) is -2.52. The zero-order chi connectivity index (χ0) is 22.9. The molecule has 0 aromatic carbocycles. The van der Waals surface area contributed by atoms with Crippen LogP contribution in [-0.2, 0) is 16.1 Å². The minimum absolute atomic E-state index is 0.131. The second-order valence-electron chi connectivity index (χ2n) is 8.06. The predicted octanol–water partition coefficient (Wildman–Crippen LogP) is 4.00. The van der Waals surface area contributed by atoms with E-state index in [-0.39, 0.29) is 12.5 Å². The van der Waals surface area contributed by atoms with Crippen molar-refractivity contribution < 1.29 is 27.4 Å². The summed E-state index contributed by atoms with van der Waals surface area (Å²) in [7, 11) is 0. The number of hydrogen-bond donors (Lipinski definition) is 1. The highest BCUT2D eigenvalue weighted by molar-refractivity contribution is 5.76. The molecule has 0 bridgehead atoms.